The lowest BCUT2D eigenvalue weighted by atomic mass is 9.80. The summed E-state index contributed by atoms with van der Waals surface area (Å²) in [6.45, 7) is 2.47. The zero-order chi connectivity index (χ0) is 13.9. The van der Waals surface area contributed by atoms with E-state index in [0.717, 1.165) is 0 Å². The van der Waals surface area contributed by atoms with E-state index >= 15 is 0 Å². The van der Waals surface area contributed by atoms with E-state index in [2.05, 4.69) is 17.0 Å². The summed E-state index contributed by atoms with van der Waals surface area (Å²) in [6, 6.07) is 6.58. The van der Waals surface area contributed by atoms with Gasteiger partial charge in [0, 0.05) is 18.2 Å². The van der Waals surface area contributed by atoms with Gasteiger partial charge in [-0.2, -0.15) is 0 Å². The van der Waals surface area contributed by atoms with Crippen LogP contribution in [0.5, 0.6) is 5.75 Å². The predicted molar refractivity (Wildman–Crippen MR) is 66.8 cm³/mol. The number of hydrogen-bond donors (Lipinski definition) is 1. The van der Waals surface area contributed by atoms with Gasteiger partial charge in [0.2, 0.25) is 0 Å². The molecule has 1 aromatic rings. The van der Waals surface area contributed by atoms with Crippen LogP contribution in [0, 0.1) is 5.92 Å². The molecule has 0 aliphatic heterocycles. The fraction of sp³-hybridized carbons (Fsp3) is 0.571. The first-order valence-corrected chi connectivity index (χ1v) is 6.53. The molecule has 1 aliphatic rings. The SMILES string of the molecule is CC(NCc1ccccc1OC(F)(F)F)C1CCC1. The predicted octanol–water partition coefficient (Wildman–Crippen LogP) is 3.86. The van der Waals surface area contributed by atoms with Gasteiger partial charge in [0.05, 0.1) is 0 Å². The molecule has 2 nitrogen and oxygen atoms in total. The molecule has 2 rings (SSSR count). The Bertz CT molecular complexity index is 415. The lowest BCUT2D eigenvalue weighted by Crippen LogP contribution is -2.36. The normalized spacial score (nSPS) is 17.9. The van der Waals surface area contributed by atoms with E-state index in [-0.39, 0.29) is 5.75 Å². The van der Waals surface area contributed by atoms with Crippen LogP contribution in [-0.4, -0.2) is 12.4 Å². The number of hydrogen-bond acceptors (Lipinski definition) is 2. The van der Waals surface area contributed by atoms with Crippen molar-refractivity contribution >= 4 is 0 Å². The second-order valence-electron chi connectivity index (χ2n) is 5.02. The third-order valence-electron chi connectivity index (χ3n) is 3.67. The molecule has 19 heavy (non-hydrogen) atoms. The summed E-state index contributed by atoms with van der Waals surface area (Å²) in [7, 11) is 0. The standard InChI is InChI=1S/C14H18F3NO/c1-10(11-6-4-7-11)18-9-12-5-2-3-8-13(12)19-14(15,16)17/h2-3,5,8,10-11,18H,4,6-7,9H2,1H3. The van der Waals surface area contributed by atoms with Gasteiger partial charge < -0.3 is 10.1 Å². The van der Waals surface area contributed by atoms with Crippen LogP contribution in [-0.2, 0) is 6.54 Å². The molecule has 0 aromatic heterocycles. The van der Waals surface area contributed by atoms with E-state index in [1.165, 1.54) is 25.3 Å². The molecule has 5 heteroatoms. The molecule has 1 atom stereocenters. The molecular weight excluding hydrogens is 255 g/mol. The number of alkyl halides is 3. The maximum absolute atomic E-state index is 12.3. The van der Waals surface area contributed by atoms with Crippen molar-refractivity contribution in [1.82, 2.24) is 5.32 Å². The van der Waals surface area contributed by atoms with Crippen molar-refractivity contribution < 1.29 is 17.9 Å². The van der Waals surface area contributed by atoms with Crippen molar-refractivity contribution in [3.63, 3.8) is 0 Å². The average molecular weight is 273 g/mol. The van der Waals surface area contributed by atoms with Gasteiger partial charge in [-0.25, -0.2) is 0 Å². The minimum Gasteiger partial charge on any atom is -0.405 e. The highest BCUT2D eigenvalue weighted by molar-refractivity contribution is 5.33. The van der Waals surface area contributed by atoms with Crippen molar-refractivity contribution in [3.05, 3.63) is 29.8 Å². The molecule has 0 saturated heterocycles. The van der Waals surface area contributed by atoms with E-state index in [1.54, 1.807) is 18.2 Å². The Labute approximate surface area is 111 Å². The Hall–Kier alpha value is -1.23. The molecule has 106 valence electrons. The summed E-state index contributed by atoms with van der Waals surface area (Å²) >= 11 is 0. The summed E-state index contributed by atoms with van der Waals surface area (Å²) in [6.07, 6.45) is -0.982. The minimum absolute atomic E-state index is 0.122. The van der Waals surface area contributed by atoms with Gasteiger partial charge in [0.1, 0.15) is 5.75 Å². The van der Waals surface area contributed by atoms with Crippen LogP contribution in [0.3, 0.4) is 0 Å². The van der Waals surface area contributed by atoms with E-state index in [4.69, 9.17) is 0 Å². The van der Waals surface area contributed by atoms with Gasteiger partial charge in [-0.3, -0.25) is 0 Å². The van der Waals surface area contributed by atoms with Gasteiger partial charge >= 0.3 is 6.36 Å². The first-order chi connectivity index (χ1) is 8.96. The van der Waals surface area contributed by atoms with Gasteiger partial charge in [-0.1, -0.05) is 24.6 Å². The Morgan fingerprint density at radius 1 is 1.32 bits per heavy atom. The van der Waals surface area contributed by atoms with Gasteiger partial charge in [0.15, 0.2) is 0 Å². The number of ether oxygens (including phenoxy) is 1. The highest BCUT2D eigenvalue weighted by atomic mass is 19.4. The Morgan fingerprint density at radius 3 is 2.58 bits per heavy atom. The average Bonchev–Trinajstić information content (AvgIpc) is 2.23. The van der Waals surface area contributed by atoms with Gasteiger partial charge in [-0.15, -0.1) is 13.2 Å². The van der Waals surface area contributed by atoms with Crippen molar-refractivity contribution in [1.29, 1.82) is 0 Å². The molecule has 1 unspecified atom stereocenters. The molecule has 1 aromatic carbocycles. The highest BCUT2D eigenvalue weighted by Crippen LogP contribution is 2.30. The lowest BCUT2D eigenvalue weighted by Gasteiger charge is -2.32. The second kappa shape index (κ2) is 5.82. The van der Waals surface area contributed by atoms with Crippen molar-refractivity contribution in [2.45, 2.75) is 45.1 Å². The smallest absolute Gasteiger partial charge is 0.405 e. The maximum atomic E-state index is 12.3. The van der Waals surface area contributed by atoms with Gasteiger partial charge in [-0.05, 0) is 31.7 Å². The third-order valence-corrected chi connectivity index (χ3v) is 3.67. The van der Waals surface area contributed by atoms with Crippen LogP contribution in [0.25, 0.3) is 0 Å². The lowest BCUT2D eigenvalue weighted by molar-refractivity contribution is -0.274. The number of nitrogens with one attached hydrogen (secondary N) is 1. The zero-order valence-electron chi connectivity index (χ0n) is 10.8. The molecule has 1 saturated carbocycles. The molecule has 1 aliphatic carbocycles. The molecule has 1 fully saturated rings. The van der Waals surface area contributed by atoms with Crippen LogP contribution < -0.4 is 10.1 Å². The van der Waals surface area contributed by atoms with E-state index in [0.29, 0.717) is 24.1 Å². The fourth-order valence-electron chi connectivity index (χ4n) is 2.25. The van der Waals surface area contributed by atoms with Crippen LogP contribution >= 0.6 is 0 Å². The summed E-state index contributed by atoms with van der Waals surface area (Å²) in [4.78, 5) is 0. The van der Waals surface area contributed by atoms with Crippen LogP contribution in [0.15, 0.2) is 24.3 Å². The van der Waals surface area contributed by atoms with Crippen molar-refractivity contribution in [2.75, 3.05) is 0 Å². The third kappa shape index (κ3) is 4.13. The Kier molecular flexibility index (Phi) is 4.34. The first-order valence-electron chi connectivity index (χ1n) is 6.53. The first kappa shape index (κ1) is 14.2. The summed E-state index contributed by atoms with van der Waals surface area (Å²) < 4.78 is 40.8. The Morgan fingerprint density at radius 2 is 2.00 bits per heavy atom. The summed E-state index contributed by atoms with van der Waals surface area (Å²) in [5, 5.41) is 3.28. The number of benzene rings is 1. The van der Waals surface area contributed by atoms with E-state index < -0.39 is 6.36 Å². The molecular formula is C14H18F3NO. The quantitative estimate of drug-likeness (QED) is 0.879. The largest absolute Gasteiger partial charge is 0.573 e. The van der Waals surface area contributed by atoms with Crippen molar-refractivity contribution in [2.24, 2.45) is 5.92 Å². The molecule has 0 radical (unpaired) electrons. The highest BCUT2D eigenvalue weighted by Gasteiger charge is 2.32. The second-order valence-corrected chi connectivity index (χ2v) is 5.02. The maximum Gasteiger partial charge on any atom is 0.573 e. The number of halogens is 3. The topological polar surface area (TPSA) is 21.3 Å². The fourth-order valence-corrected chi connectivity index (χ4v) is 2.25. The van der Waals surface area contributed by atoms with Gasteiger partial charge in [0.25, 0.3) is 0 Å². The van der Waals surface area contributed by atoms with E-state index in [9.17, 15) is 13.2 Å². The van der Waals surface area contributed by atoms with Crippen LogP contribution in [0.2, 0.25) is 0 Å². The molecule has 0 spiro atoms. The summed E-state index contributed by atoms with van der Waals surface area (Å²) in [5.74, 6) is 0.527. The molecule has 1 N–H and O–H groups in total. The molecule has 0 bridgehead atoms. The van der Waals surface area contributed by atoms with Crippen molar-refractivity contribution in [3.8, 4) is 5.75 Å². The molecule has 0 heterocycles. The number of rotatable bonds is 5. The minimum atomic E-state index is -4.64. The van der Waals surface area contributed by atoms with E-state index in [1.807, 2.05) is 0 Å². The number of para-hydroxylation sites is 1. The molecule has 0 amide bonds. The monoisotopic (exact) mass is 273 g/mol. The van der Waals surface area contributed by atoms with Crippen LogP contribution in [0.4, 0.5) is 13.2 Å². The summed E-state index contributed by atoms with van der Waals surface area (Å²) in [5.41, 5.74) is 0.533. The zero-order valence-corrected chi connectivity index (χ0v) is 10.8. The Balaban J connectivity index is 1.95. The van der Waals surface area contributed by atoms with Crippen LogP contribution in [0.1, 0.15) is 31.7 Å².